The van der Waals surface area contributed by atoms with Crippen molar-refractivity contribution in [3.8, 4) is 11.5 Å². The summed E-state index contributed by atoms with van der Waals surface area (Å²) in [5.74, 6) is 0.0191. The van der Waals surface area contributed by atoms with Crippen molar-refractivity contribution in [2.24, 2.45) is 0 Å². The summed E-state index contributed by atoms with van der Waals surface area (Å²) in [6, 6.07) is 16.2. The minimum Gasteiger partial charge on any atom is -0.455 e. The Balaban J connectivity index is 1.46. The van der Waals surface area contributed by atoms with E-state index in [-0.39, 0.29) is 12.2 Å². The van der Waals surface area contributed by atoms with E-state index in [0.29, 0.717) is 17.2 Å². The van der Waals surface area contributed by atoms with Gasteiger partial charge in [-0.25, -0.2) is 9.18 Å². The topological polar surface area (TPSA) is 65.5 Å². The van der Waals surface area contributed by atoms with Crippen LogP contribution < -0.4 is 0 Å². The molecule has 0 aliphatic carbocycles. The predicted octanol–water partition coefficient (Wildman–Crippen LogP) is 4.58. The minimum absolute atomic E-state index is 0.0556. The third-order valence-corrected chi connectivity index (χ3v) is 3.66. The molecule has 0 unspecified atom stereocenters. The average Bonchev–Trinajstić information content (AvgIpc) is 3.26. The van der Waals surface area contributed by atoms with Crippen molar-refractivity contribution in [3.05, 3.63) is 77.7 Å². The molecule has 0 aliphatic heterocycles. The van der Waals surface area contributed by atoms with Crippen molar-refractivity contribution >= 4 is 16.9 Å². The Morgan fingerprint density at radius 1 is 1.04 bits per heavy atom. The van der Waals surface area contributed by atoms with Gasteiger partial charge in [0.2, 0.25) is 5.76 Å². The maximum atomic E-state index is 12.9. The largest absolute Gasteiger partial charge is 0.455 e. The second-order valence-electron chi connectivity index (χ2n) is 5.41. The molecular formula is C19H12FNO4. The van der Waals surface area contributed by atoms with E-state index in [0.717, 1.165) is 11.0 Å². The van der Waals surface area contributed by atoms with E-state index in [4.69, 9.17) is 13.7 Å². The standard InChI is InChI=1S/C19H12FNO4/c20-14-7-5-12(6-8-14)19(22)23-11-15-10-18(25-21-15)17-9-13-3-1-2-4-16(13)24-17/h1-10H,11H2. The highest BCUT2D eigenvalue weighted by Crippen LogP contribution is 2.28. The van der Waals surface area contributed by atoms with Crippen molar-refractivity contribution in [2.75, 3.05) is 0 Å². The lowest BCUT2D eigenvalue weighted by Crippen LogP contribution is -2.05. The highest BCUT2D eigenvalue weighted by Gasteiger charge is 2.14. The Morgan fingerprint density at radius 3 is 2.64 bits per heavy atom. The first-order chi connectivity index (χ1) is 12.2. The molecule has 0 fully saturated rings. The van der Waals surface area contributed by atoms with Gasteiger partial charge in [-0.2, -0.15) is 0 Å². The van der Waals surface area contributed by atoms with Gasteiger partial charge in [-0.05, 0) is 36.4 Å². The zero-order valence-electron chi connectivity index (χ0n) is 12.9. The molecule has 4 rings (SSSR count). The lowest BCUT2D eigenvalue weighted by atomic mass is 10.2. The summed E-state index contributed by atoms with van der Waals surface area (Å²) in [5.41, 5.74) is 1.46. The number of halogens is 1. The summed E-state index contributed by atoms with van der Waals surface area (Å²) in [6.07, 6.45) is 0. The van der Waals surface area contributed by atoms with E-state index in [1.54, 1.807) is 6.07 Å². The molecule has 0 spiro atoms. The molecule has 0 atom stereocenters. The Morgan fingerprint density at radius 2 is 1.84 bits per heavy atom. The van der Waals surface area contributed by atoms with Crippen molar-refractivity contribution in [3.63, 3.8) is 0 Å². The summed E-state index contributed by atoms with van der Waals surface area (Å²) in [5, 5.41) is 4.83. The number of carbonyl (C=O) groups is 1. The molecule has 0 saturated heterocycles. The van der Waals surface area contributed by atoms with E-state index in [9.17, 15) is 9.18 Å². The number of rotatable bonds is 4. The quantitative estimate of drug-likeness (QED) is 0.510. The second kappa shape index (κ2) is 6.24. The van der Waals surface area contributed by atoms with Crippen LogP contribution >= 0.6 is 0 Å². The maximum Gasteiger partial charge on any atom is 0.338 e. The molecule has 0 radical (unpaired) electrons. The van der Waals surface area contributed by atoms with Gasteiger partial charge < -0.3 is 13.7 Å². The minimum atomic E-state index is -0.562. The highest BCUT2D eigenvalue weighted by molar-refractivity contribution is 5.89. The van der Waals surface area contributed by atoms with Crippen molar-refractivity contribution in [1.29, 1.82) is 0 Å². The molecule has 0 saturated carbocycles. The molecule has 5 nitrogen and oxygen atoms in total. The lowest BCUT2D eigenvalue weighted by Gasteiger charge is -2.01. The van der Waals surface area contributed by atoms with Gasteiger partial charge in [0.25, 0.3) is 0 Å². The molecule has 0 bridgehead atoms. The van der Waals surface area contributed by atoms with Crippen LogP contribution in [0.15, 0.2) is 69.6 Å². The van der Waals surface area contributed by atoms with Crippen LogP contribution in [0.2, 0.25) is 0 Å². The first-order valence-electron chi connectivity index (χ1n) is 7.56. The fourth-order valence-electron chi connectivity index (χ4n) is 2.41. The zero-order valence-corrected chi connectivity index (χ0v) is 12.9. The van der Waals surface area contributed by atoms with Crippen molar-refractivity contribution in [1.82, 2.24) is 5.16 Å². The monoisotopic (exact) mass is 337 g/mol. The third-order valence-electron chi connectivity index (χ3n) is 3.66. The molecule has 2 heterocycles. The van der Waals surface area contributed by atoms with Gasteiger partial charge in [-0.1, -0.05) is 23.4 Å². The van der Waals surface area contributed by atoms with E-state index in [1.807, 2.05) is 30.3 Å². The second-order valence-corrected chi connectivity index (χ2v) is 5.41. The van der Waals surface area contributed by atoms with E-state index in [1.165, 1.54) is 24.3 Å². The van der Waals surface area contributed by atoms with Crippen LogP contribution in [0.3, 0.4) is 0 Å². The number of aromatic nitrogens is 1. The van der Waals surface area contributed by atoms with Crippen LogP contribution in [0, 0.1) is 5.82 Å². The Kier molecular flexibility index (Phi) is 3.78. The number of carbonyl (C=O) groups excluding carboxylic acids is 1. The SMILES string of the molecule is O=C(OCc1cc(-c2cc3ccccc3o2)on1)c1ccc(F)cc1. The molecule has 25 heavy (non-hydrogen) atoms. The number of furan rings is 1. The fraction of sp³-hybridized carbons (Fsp3) is 0.0526. The van der Waals surface area contributed by atoms with E-state index in [2.05, 4.69) is 5.16 Å². The molecular weight excluding hydrogens is 325 g/mol. The van der Waals surface area contributed by atoms with Crippen LogP contribution in [0.4, 0.5) is 4.39 Å². The number of hydrogen-bond donors (Lipinski definition) is 0. The Hall–Kier alpha value is -3.41. The van der Waals surface area contributed by atoms with Crippen LogP contribution in [0.5, 0.6) is 0 Å². The molecule has 0 amide bonds. The first-order valence-corrected chi connectivity index (χ1v) is 7.56. The molecule has 124 valence electrons. The molecule has 0 aliphatic rings. The van der Waals surface area contributed by atoms with Crippen LogP contribution in [-0.2, 0) is 11.3 Å². The summed E-state index contributed by atoms with van der Waals surface area (Å²) in [4.78, 5) is 11.9. The number of esters is 1. The average molecular weight is 337 g/mol. The van der Waals surface area contributed by atoms with Gasteiger partial charge >= 0.3 is 5.97 Å². The van der Waals surface area contributed by atoms with Crippen LogP contribution in [-0.4, -0.2) is 11.1 Å². The summed E-state index contributed by atoms with van der Waals surface area (Å²) >= 11 is 0. The fourth-order valence-corrected chi connectivity index (χ4v) is 2.41. The summed E-state index contributed by atoms with van der Waals surface area (Å²) in [6.45, 7) is -0.0556. The summed E-state index contributed by atoms with van der Waals surface area (Å²) < 4.78 is 29.0. The van der Waals surface area contributed by atoms with Crippen molar-refractivity contribution in [2.45, 2.75) is 6.61 Å². The number of hydrogen-bond acceptors (Lipinski definition) is 5. The smallest absolute Gasteiger partial charge is 0.338 e. The zero-order chi connectivity index (χ0) is 17.2. The normalized spacial score (nSPS) is 10.9. The van der Waals surface area contributed by atoms with Crippen LogP contribution in [0.25, 0.3) is 22.5 Å². The van der Waals surface area contributed by atoms with Gasteiger partial charge in [-0.3, -0.25) is 0 Å². The number of benzene rings is 2. The highest BCUT2D eigenvalue weighted by atomic mass is 19.1. The van der Waals surface area contributed by atoms with E-state index >= 15 is 0 Å². The number of para-hydroxylation sites is 1. The molecule has 2 aromatic carbocycles. The first kappa shape index (κ1) is 15.1. The van der Waals surface area contributed by atoms with Gasteiger partial charge in [-0.15, -0.1) is 0 Å². The Bertz CT molecular complexity index is 1000. The molecule has 0 N–H and O–H groups in total. The van der Waals surface area contributed by atoms with Crippen LogP contribution in [0.1, 0.15) is 16.1 Å². The number of ether oxygens (including phenoxy) is 1. The van der Waals surface area contributed by atoms with Gasteiger partial charge in [0.15, 0.2) is 5.76 Å². The molecule has 6 heteroatoms. The van der Waals surface area contributed by atoms with Crippen molar-refractivity contribution < 1.29 is 22.9 Å². The Labute approximate surface area is 141 Å². The maximum absolute atomic E-state index is 12.9. The summed E-state index contributed by atoms with van der Waals surface area (Å²) in [7, 11) is 0. The van der Waals surface area contributed by atoms with E-state index < -0.39 is 11.8 Å². The molecule has 4 aromatic rings. The van der Waals surface area contributed by atoms with Gasteiger partial charge in [0.1, 0.15) is 23.7 Å². The number of nitrogens with zero attached hydrogens (tertiary/aromatic N) is 1. The third kappa shape index (κ3) is 3.14. The van der Waals surface area contributed by atoms with Gasteiger partial charge in [0, 0.05) is 11.5 Å². The predicted molar refractivity (Wildman–Crippen MR) is 87.2 cm³/mol. The lowest BCUT2D eigenvalue weighted by molar-refractivity contribution is 0.0464. The molecule has 2 aromatic heterocycles. The number of fused-ring (bicyclic) bond motifs is 1. The van der Waals surface area contributed by atoms with Gasteiger partial charge in [0.05, 0.1) is 5.56 Å².